The minimum Gasteiger partial charge on any atom is -0.504 e. The quantitative estimate of drug-likeness (QED) is 0.653. The van der Waals surface area contributed by atoms with Crippen molar-refractivity contribution in [3.05, 3.63) is 57.9 Å². The second-order valence-corrected chi connectivity index (χ2v) is 4.21. The number of nitrogens with zero attached hydrogens (tertiary/aromatic N) is 1. The number of rotatable bonds is 5. The lowest BCUT2D eigenvalue weighted by Gasteiger charge is -2.11. The summed E-state index contributed by atoms with van der Waals surface area (Å²) < 4.78 is 18.7. The molecule has 0 aliphatic carbocycles. The number of hydrogen-bond acceptors (Lipinski definition) is 5. The van der Waals surface area contributed by atoms with Crippen LogP contribution in [-0.4, -0.2) is 17.1 Å². The van der Waals surface area contributed by atoms with Gasteiger partial charge in [-0.2, -0.15) is 0 Å². The number of para-hydroxylation sites is 2. The average molecular weight is 292 g/mol. The van der Waals surface area contributed by atoms with E-state index >= 15 is 0 Å². The maximum Gasteiger partial charge on any atom is 0.295 e. The summed E-state index contributed by atoms with van der Waals surface area (Å²) in [4.78, 5) is 10.2. The third-order valence-electron chi connectivity index (χ3n) is 2.95. The molecule has 0 heterocycles. The number of hydrogen-bond donors (Lipinski definition) is 2. The molecule has 0 fully saturated rings. The van der Waals surface area contributed by atoms with Crippen LogP contribution in [0.1, 0.15) is 5.56 Å². The van der Waals surface area contributed by atoms with Gasteiger partial charge in [-0.25, -0.2) is 4.39 Å². The highest BCUT2D eigenvalue weighted by molar-refractivity contribution is 5.62. The molecule has 0 saturated carbocycles. The van der Waals surface area contributed by atoms with Gasteiger partial charge >= 0.3 is 0 Å². The molecule has 0 aliphatic rings. The van der Waals surface area contributed by atoms with Gasteiger partial charge in [0.2, 0.25) is 0 Å². The van der Waals surface area contributed by atoms with E-state index in [9.17, 15) is 19.6 Å². The molecule has 6 nitrogen and oxygen atoms in total. The van der Waals surface area contributed by atoms with E-state index in [-0.39, 0.29) is 29.4 Å². The molecule has 110 valence electrons. The van der Waals surface area contributed by atoms with Crippen molar-refractivity contribution in [2.75, 3.05) is 12.4 Å². The molecule has 0 bridgehead atoms. The molecule has 0 aromatic heterocycles. The maximum absolute atomic E-state index is 13.7. The third-order valence-corrected chi connectivity index (χ3v) is 2.95. The van der Waals surface area contributed by atoms with E-state index < -0.39 is 10.7 Å². The monoisotopic (exact) mass is 292 g/mol. The number of methoxy groups -OCH3 is 1. The van der Waals surface area contributed by atoms with Crippen molar-refractivity contribution in [1.29, 1.82) is 0 Å². The van der Waals surface area contributed by atoms with Crippen molar-refractivity contribution in [3.8, 4) is 11.5 Å². The molecule has 2 aromatic carbocycles. The van der Waals surface area contributed by atoms with E-state index in [0.29, 0.717) is 5.56 Å². The van der Waals surface area contributed by atoms with Crippen LogP contribution in [0.4, 0.5) is 15.8 Å². The summed E-state index contributed by atoms with van der Waals surface area (Å²) in [6, 6.07) is 8.44. The van der Waals surface area contributed by atoms with Crippen LogP contribution in [0, 0.1) is 15.9 Å². The standard InChI is InChI=1S/C14H13FN2O4/c1-21-12-7-2-4-9(14(12)18)8-16-13-10(15)5-3-6-11(13)17(19)20/h2-7,16,18H,8H2,1H3. The van der Waals surface area contributed by atoms with Crippen molar-refractivity contribution >= 4 is 11.4 Å². The van der Waals surface area contributed by atoms with Gasteiger partial charge in [-0.1, -0.05) is 18.2 Å². The Labute approximate surface area is 119 Å². The summed E-state index contributed by atoms with van der Waals surface area (Å²) in [5, 5.41) is 23.4. The van der Waals surface area contributed by atoms with E-state index in [1.54, 1.807) is 18.2 Å². The van der Waals surface area contributed by atoms with Crippen LogP contribution >= 0.6 is 0 Å². The van der Waals surface area contributed by atoms with Gasteiger partial charge in [0.25, 0.3) is 5.69 Å². The summed E-state index contributed by atoms with van der Waals surface area (Å²) in [6.07, 6.45) is 0. The normalized spacial score (nSPS) is 10.2. The topological polar surface area (TPSA) is 84.6 Å². The number of benzene rings is 2. The van der Waals surface area contributed by atoms with Gasteiger partial charge in [-0.05, 0) is 12.1 Å². The minimum absolute atomic E-state index is 0.0187. The first-order chi connectivity index (χ1) is 10.0. The van der Waals surface area contributed by atoms with Gasteiger partial charge in [0.1, 0.15) is 5.69 Å². The fourth-order valence-corrected chi connectivity index (χ4v) is 1.90. The lowest BCUT2D eigenvalue weighted by atomic mass is 10.1. The summed E-state index contributed by atoms with van der Waals surface area (Å²) in [7, 11) is 1.41. The van der Waals surface area contributed by atoms with Gasteiger partial charge in [-0.3, -0.25) is 10.1 Å². The molecule has 0 aliphatic heterocycles. The van der Waals surface area contributed by atoms with Crippen LogP contribution in [0.5, 0.6) is 11.5 Å². The van der Waals surface area contributed by atoms with Crippen LogP contribution in [-0.2, 0) is 6.54 Å². The largest absolute Gasteiger partial charge is 0.504 e. The molecule has 21 heavy (non-hydrogen) atoms. The predicted octanol–water partition coefficient (Wildman–Crippen LogP) is 3.06. The van der Waals surface area contributed by atoms with E-state index in [0.717, 1.165) is 6.07 Å². The number of phenols is 1. The molecule has 0 spiro atoms. The number of nitro benzene ring substituents is 1. The Kier molecular flexibility index (Phi) is 4.22. The van der Waals surface area contributed by atoms with Crippen molar-refractivity contribution in [1.82, 2.24) is 0 Å². The SMILES string of the molecule is COc1cccc(CNc2c(F)cccc2[N+](=O)[O-])c1O. The zero-order chi connectivity index (χ0) is 15.4. The molecule has 0 atom stereocenters. The zero-order valence-electron chi connectivity index (χ0n) is 11.2. The molecule has 0 unspecified atom stereocenters. The van der Waals surface area contributed by atoms with Gasteiger partial charge in [0.15, 0.2) is 17.3 Å². The third kappa shape index (κ3) is 3.02. The Hall–Kier alpha value is -2.83. The predicted molar refractivity (Wildman–Crippen MR) is 75.0 cm³/mol. The second-order valence-electron chi connectivity index (χ2n) is 4.21. The highest BCUT2D eigenvalue weighted by Gasteiger charge is 2.18. The van der Waals surface area contributed by atoms with Gasteiger partial charge < -0.3 is 15.2 Å². The lowest BCUT2D eigenvalue weighted by Crippen LogP contribution is -2.05. The van der Waals surface area contributed by atoms with Crippen LogP contribution in [0.15, 0.2) is 36.4 Å². The summed E-state index contributed by atoms with van der Waals surface area (Å²) in [5.41, 5.74) is -0.144. The number of nitro groups is 1. The van der Waals surface area contributed by atoms with Crippen molar-refractivity contribution < 1.29 is 19.2 Å². The Morgan fingerprint density at radius 1 is 1.33 bits per heavy atom. The Morgan fingerprint density at radius 3 is 2.71 bits per heavy atom. The van der Waals surface area contributed by atoms with E-state index in [4.69, 9.17) is 4.74 Å². The van der Waals surface area contributed by atoms with Gasteiger partial charge in [0, 0.05) is 18.2 Å². The number of ether oxygens (including phenoxy) is 1. The lowest BCUT2D eigenvalue weighted by molar-refractivity contribution is -0.384. The van der Waals surface area contributed by atoms with Crippen molar-refractivity contribution in [3.63, 3.8) is 0 Å². The number of nitrogens with one attached hydrogen (secondary N) is 1. The summed E-state index contributed by atoms with van der Waals surface area (Å²) in [5.74, 6) is -0.546. The smallest absolute Gasteiger partial charge is 0.295 e. The summed E-state index contributed by atoms with van der Waals surface area (Å²) in [6.45, 7) is 0.0187. The second kappa shape index (κ2) is 6.08. The molecule has 2 rings (SSSR count). The first-order valence-corrected chi connectivity index (χ1v) is 6.06. The van der Waals surface area contributed by atoms with Gasteiger partial charge in [-0.15, -0.1) is 0 Å². The van der Waals surface area contributed by atoms with Crippen LogP contribution in [0.3, 0.4) is 0 Å². The maximum atomic E-state index is 13.7. The fraction of sp³-hybridized carbons (Fsp3) is 0.143. The molecule has 2 N–H and O–H groups in total. The number of aromatic hydroxyl groups is 1. The van der Waals surface area contributed by atoms with Crippen LogP contribution in [0.25, 0.3) is 0 Å². The first kappa shape index (κ1) is 14.6. The average Bonchev–Trinajstić information content (AvgIpc) is 2.47. The number of phenolic OH excluding ortho intramolecular Hbond substituents is 1. The van der Waals surface area contributed by atoms with E-state index in [1.165, 1.54) is 19.2 Å². The highest BCUT2D eigenvalue weighted by Crippen LogP contribution is 2.32. The van der Waals surface area contributed by atoms with Crippen molar-refractivity contribution in [2.24, 2.45) is 0 Å². The zero-order valence-corrected chi connectivity index (χ0v) is 11.2. The molecule has 2 aromatic rings. The first-order valence-electron chi connectivity index (χ1n) is 6.06. The summed E-state index contributed by atoms with van der Waals surface area (Å²) >= 11 is 0. The van der Waals surface area contributed by atoms with E-state index in [1.807, 2.05) is 0 Å². The Balaban J connectivity index is 2.27. The molecular formula is C14H13FN2O4. The highest BCUT2D eigenvalue weighted by atomic mass is 19.1. The Morgan fingerprint density at radius 2 is 2.05 bits per heavy atom. The molecule has 7 heteroatoms. The molecule has 0 saturated heterocycles. The van der Waals surface area contributed by atoms with Crippen molar-refractivity contribution in [2.45, 2.75) is 6.54 Å². The van der Waals surface area contributed by atoms with Crippen LogP contribution < -0.4 is 10.1 Å². The molecule has 0 amide bonds. The molecule has 0 radical (unpaired) electrons. The van der Waals surface area contributed by atoms with Crippen LogP contribution in [0.2, 0.25) is 0 Å². The number of anilines is 1. The Bertz CT molecular complexity index is 676. The van der Waals surface area contributed by atoms with E-state index in [2.05, 4.69) is 5.32 Å². The number of halogens is 1. The fourth-order valence-electron chi connectivity index (χ4n) is 1.90. The molecular weight excluding hydrogens is 279 g/mol. The minimum atomic E-state index is -0.730. The van der Waals surface area contributed by atoms with Gasteiger partial charge in [0.05, 0.1) is 12.0 Å².